The number of hydrogen-bond acceptors (Lipinski definition) is 5. The standard InChI is InChI=1S/C22H36N6S2.HI/c1-5-23-21(25-16(2)15-19-13-12-17(3)30-19)24-14-8-11-20-26-27-22(29-4)28(20)18-9-6-7-10-18;/h12-13,16,18H,5-11,14-15H2,1-4H3,(H2,23,24,25);1H. The van der Waals surface area contributed by atoms with Crippen LogP contribution in [0.5, 0.6) is 0 Å². The summed E-state index contributed by atoms with van der Waals surface area (Å²) in [6.07, 6.45) is 10.2. The van der Waals surface area contributed by atoms with Gasteiger partial charge in [-0.05, 0) is 58.4 Å². The zero-order valence-corrected chi connectivity index (χ0v) is 23.2. The molecule has 0 amide bonds. The third-order valence-electron chi connectivity index (χ3n) is 5.47. The maximum Gasteiger partial charge on any atom is 0.191 e. The molecule has 1 saturated carbocycles. The van der Waals surface area contributed by atoms with Crippen LogP contribution in [0, 0.1) is 6.92 Å². The van der Waals surface area contributed by atoms with E-state index in [0.717, 1.165) is 49.3 Å². The number of hydrogen-bond donors (Lipinski definition) is 2. The van der Waals surface area contributed by atoms with Gasteiger partial charge >= 0.3 is 0 Å². The van der Waals surface area contributed by atoms with Crippen LogP contribution in [0.1, 0.15) is 67.6 Å². The fourth-order valence-electron chi connectivity index (χ4n) is 4.08. The van der Waals surface area contributed by atoms with E-state index in [1.54, 1.807) is 11.8 Å². The molecule has 0 bridgehead atoms. The van der Waals surface area contributed by atoms with E-state index in [9.17, 15) is 0 Å². The number of nitrogens with one attached hydrogen (secondary N) is 2. The van der Waals surface area contributed by atoms with Crippen molar-refractivity contribution >= 4 is 53.0 Å². The summed E-state index contributed by atoms with van der Waals surface area (Å²) in [5.41, 5.74) is 0. The number of halogens is 1. The molecule has 1 atom stereocenters. The molecule has 31 heavy (non-hydrogen) atoms. The van der Waals surface area contributed by atoms with Gasteiger partial charge in [-0.1, -0.05) is 24.6 Å². The van der Waals surface area contributed by atoms with Gasteiger partial charge in [-0.25, -0.2) is 0 Å². The van der Waals surface area contributed by atoms with E-state index in [-0.39, 0.29) is 24.0 Å². The highest BCUT2D eigenvalue weighted by Crippen LogP contribution is 2.33. The Bertz CT molecular complexity index is 813. The summed E-state index contributed by atoms with van der Waals surface area (Å²) in [4.78, 5) is 7.59. The monoisotopic (exact) mass is 576 g/mol. The second-order valence-corrected chi connectivity index (χ2v) is 10.2. The molecule has 0 saturated heterocycles. The largest absolute Gasteiger partial charge is 0.357 e. The van der Waals surface area contributed by atoms with Gasteiger partial charge in [0.15, 0.2) is 11.1 Å². The lowest BCUT2D eigenvalue weighted by molar-refractivity contribution is 0.461. The van der Waals surface area contributed by atoms with Gasteiger partial charge in [0, 0.05) is 47.8 Å². The number of aliphatic imine (C=N–C) groups is 1. The number of guanidine groups is 1. The van der Waals surface area contributed by atoms with E-state index in [1.165, 1.54) is 35.4 Å². The summed E-state index contributed by atoms with van der Waals surface area (Å²) in [6, 6.07) is 5.35. The molecule has 2 heterocycles. The average molecular weight is 577 g/mol. The number of rotatable bonds is 10. The summed E-state index contributed by atoms with van der Waals surface area (Å²) < 4.78 is 2.40. The third-order valence-corrected chi connectivity index (χ3v) is 7.13. The summed E-state index contributed by atoms with van der Waals surface area (Å²) >= 11 is 3.58. The normalized spacial score (nSPS) is 15.7. The zero-order valence-electron chi connectivity index (χ0n) is 19.2. The Kier molecular flexibility index (Phi) is 11.7. The first-order valence-corrected chi connectivity index (χ1v) is 13.2. The molecule has 1 unspecified atom stereocenters. The summed E-state index contributed by atoms with van der Waals surface area (Å²) in [5, 5.41) is 16.9. The molecule has 0 spiro atoms. The van der Waals surface area contributed by atoms with Crippen molar-refractivity contribution in [1.82, 2.24) is 25.4 Å². The van der Waals surface area contributed by atoms with Crippen LogP contribution in [0.2, 0.25) is 0 Å². The predicted molar refractivity (Wildman–Crippen MR) is 144 cm³/mol. The Morgan fingerprint density at radius 2 is 2.10 bits per heavy atom. The first-order chi connectivity index (χ1) is 14.6. The molecule has 1 aliphatic carbocycles. The molecular weight excluding hydrogens is 539 g/mol. The lowest BCUT2D eigenvalue weighted by Gasteiger charge is -2.17. The Morgan fingerprint density at radius 1 is 1.32 bits per heavy atom. The van der Waals surface area contributed by atoms with E-state index >= 15 is 0 Å². The van der Waals surface area contributed by atoms with Crippen molar-refractivity contribution in [2.45, 2.75) is 83.0 Å². The number of thiophene rings is 1. The van der Waals surface area contributed by atoms with Crippen molar-refractivity contribution in [3.05, 3.63) is 27.7 Å². The van der Waals surface area contributed by atoms with Gasteiger partial charge in [-0.2, -0.15) is 0 Å². The van der Waals surface area contributed by atoms with Crippen molar-refractivity contribution in [2.75, 3.05) is 19.3 Å². The molecule has 1 fully saturated rings. The lowest BCUT2D eigenvalue weighted by Crippen LogP contribution is -2.43. The highest BCUT2D eigenvalue weighted by Gasteiger charge is 2.23. The fourth-order valence-corrected chi connectivity index (χ4v) is 5.67. The third kappa shape index (κ3) is 7.92. The van der Waals surface area contributed by atoms with Gasteiger partial charge in [0.1, 0.15) is 5.82 Å². The molecule has 174 valence electrons. The van der Waals surface area contributed by atoms with Gasteiger partial charge < -0.3 is 15.2 Å². The minimum Gasteiger partial charge on any atom is -0.357 e. The van der Waals surface area contributed by atoms with Crippen LogP contribution in [0.15, 0.2) is 22.3 Å². The predicted octanol–water partition coefficient (Wildman–Crippen LogP) is 5.22. The average Bonchev–Trinajstić information content (AvgIpc) is 3.46. The first kappa shape index (κ1) is 26.4. The van der Waals surface area contributed by atoms with Crippen LogP contribution in [-0.2, 0) is 12.8 Å². The molecule has 6 nitrogen and oxygen atoms in total. The van der Waals surface area contributed by atoms with Crippen LogP contribution < -0.4 is 10.6 Å². The number of nitrogens with zero attached hydrogens (tertiary/aromatic N) is 4. The SMILES string of the molecule is CCNC(=NCCCc1nnc(SC)n1C1CCCC1)NC(C)Cc1ccc(C)s1.I. The first-order valence-electron chi connectivity index (χ1n) is 11.2. The lowest BCUT2D eigenvalue weighted by atomic mass is 10.2. The van der Waals surface area contributed by atoms with Crippen molar-refractivity contribution in [2.24, 2.45) is 4.99 Å². The van der Waals surface area contributed by atoms with E-state index in [2.05, 4.69) is 64.6 Å². The molecule has 0 aliphatic heterocycles. The quantitative estimate of drug-likeness (QED) is 0.134. The number of thioether (sulfide) groups is 1. The van der Waals surface area contributed by atoms with Crippen LogP contribution in [-0.4, -0.2) is 46.1 Å². The number of aryl methyl sites for hydroxylation is 2. The van der Waals surface area contributed by atoms with Crippen molar-refractivity contribution in [3.8, 4) is 0 Å². The van der Waals surface area contributed by atoms with E-state index in [0.29, 0.717) is 12.1 Å². The second-order valence-electron chi connectivity index (χ2n) is 8.04. The zero-order chi connectivity index (χ0) is 21.3. The Hall–Kier alpha value is -0.810. The Balaban J connectivity index is 0.00000341. The Morgan fingerprint density at radius 3 is 2.74 bits per heavy atom. The summed E-state index contributed by atoms with van der Waals surface area (Å²) in [5.74, 6) is 2.03. The summed E-state index contributed by atoms with van der Waals surface area (Å²) in [6.45, 7) is 8.14. The van der Waals surface area contributed by atoms with Gasteiger partial charge in [0.2, 0.25) is 0 Å². The topological polar surface area (TPSA) is 67.1 Å². The smallest absolute Gasteiger partial charge is 0.191 e. The molecule has 1 aliphatic rings. The molecule has 2 aromatic rings. The van der Waals surface area contributed by atoms with Crippen molar-refractivity contribution < 1.29 is 0 Å². The second kappa shape index (κ2) is 13.7. The molecular formula is C22H37IN6S2. The van der Waals surface area contributed by atoms with E-state index in [1.807, 2.05) is 11.3 Å². The van der Waals surface area contributed by atoms with Gasteiger partial charge in [0.05, 0.1) is 0 Å². The maximum absolute atomic E-state index is 4.80. The van der Waals surface area contributed by atoms with Gasteiger partial charge in [-0.3, -0.25) is 4.99 Å². The molecule has 9 heteroatoms. The molecule has 2 aromatic heterocycles. The summed E-state index contributed by atoms with van der Waals surface area (Å²) in [7, 11) is 0. The minimum absolute atomic E-state index is 0. The van der Waals surface area contributed by atoms with Crippen LogP contribution in [0.25, 0.3) is 0 Å². The molecule has 2 N–H and O–H groups in total. The van der Waals surface area contributed by atoms with Crippen LogP contribution >= 0.6 is 47.1 Å². The highest BCUT2D eigenvalue weighted by molar-refractivity contribution is 14.0. The van der Waals surface area contributed by atoms with E-state index < -0.39 is 0 Å². The highest BCUT2D eigenvalue weighted by atomic mass is 127. The number of aromatic nitrogens is 3. The molecule has 0 radical (unpaired) electrons. The van der Waals surface area contributed by atoms with Crippen LogP contribution in [0.3, 0.4) is 0 Å². The van der Waals surface area contributed by atoms with Crippen molar-refractivity contribution in [3.63, 3.8) is 0 Å². The maximum atomic E-state index is 4.80. The minimum atomic E-state index is 0. The molecule has 0 aromatic carbocycles. The van der Waals surface area contributed by atoms with E-state index in [4.69, 9.17) is 4.99 Å². The van der Waals surface area contributed by atoms with Gasteiger partial charge in [-0.15, -0.1) is 45.5 Å². The Labute approximate surface area is 212 Å². The van der Waals surface area contributed by atoms with Crippen molar-refractivity contribution in [1.29, 1.82) is 0 Å². The fraction of sp³-hybridized carbons (Fsp3) is 0.682. The van der Waals surface area contributed by atoms with Gasteiger partial charge in [0.25, 0.3) is 0 Å². The van der Waals surface area contributed by atoms with Crippen LogP contribution in [0.4, 0.5) is 0 Å². The molecule has 3 rings (SSSR count).